The Kier molecular flexibility index (Phi) is 3.70. The number of amides is 2. The number of aliphatic carboxylic acids is 1. The number of urea groups is 1. The van der Waals surface area contributed by atoms with Gasteiger partial charge in [-0.15, -0.1) is 0 Å². The highest BCUT2D eigenvalue weighted by Gasteiger charge is 2.56. The van der Waals surface area contributed by atoms with Crippen LogP contribution in [0.15, 0.2) is 24.5 Å². The molecule has 2 heterocycles. The van der Waals surface area contributed by atoms with Gasteiger partial charge in [-0.25, -0.2) is 4.79 Å². The van der Waals surface area contributed by atoms with Crippen molar-refractivity contribution in [1.29, 1.82) is 0 Å². The van der Waals surface area contributed by atoms with E-state index in [4.69, 9.17) is 0 Å². The molecule has 24 heavy (non-hydrogen) atoms. The van der Waals surface area contributed by atoms with Crippen molar-refractivity contribution in [3.05, 3.63) is 30.1 Å². The summed E-state index contributed by atoms with van der Waals surface area (Å²) in [4.78, 5) is 30.4. The lowest BCUT2D eigenvalue weighted by Crippen LogP contribution is -2.43. The topological polar surface area (TPSA) is 82.5 Å². The highest BCUT2D eigenvalue weighted by Crippen LogP contribution is 2.49. The van der Waals surface area contributed by atoms with Crippen LogP contribution in [-0.2, 0) is 4.79 Å². The average molecular weight is 329 g/mol. The number of fused-ring (bicyclic) bond motifs is 1. The van der Waals surface area contributed by atoms with Crippen molar-refractivity contribution in [3.8, 4) is 0 Å². The van der Waals surface area contributed by atoms with Gasteiger partial charge < -0.3 is 15.3 Å². The molecule has 6 heteroatoms. The van der Waals surface area contributed by atoms with Crippen molar-refractivity contribution >= 4 is 12.0 Å². The van der Waals surface area contributed by atoms with Crippen LogP contribution in [0.4, 0.5) is 4.79 Å². The molecule has 1 aliphatic heterocycles. The summed E-state index contributed by atoms with van der Waals surface area (Å²) in [6, 6.07) is 3.72. The number of carboxylic acids is 1. The Balaban J connectivity index is 1.47. The van der Waals surface area contributed by atoms with E-state index in [1.165, 1.54) is 0 Å². The van der Waals surface area contributed by atoms with Crippen molar-refractivity contribution in [2.24, 2.45) is 17.3 Å². The maximum Gasteiger partial charge on any atom is 0.317 e. The first-order chi connectivity index (χ1) is 11.6. The zero-order valence-corrected chi connectivity index (χ0v) is 13.6. The summed E-state index contributed by atoms with van der Waals surface area (Å²) in [5, 5.41) is 12.8. The molecule has 0 spiro atoms. The number of pyridine rings is 1. The molecule has 2 amide bonds. The first-order valence-corrected chi connectivity index (χ1v) is 8.79. The average Bonchev–Trinajstić information content (AvgIpc) is 3.21. The summed E-state index contributed by atoms with van der Waals surface area (Å²) < 4.78 is 0. The van der Waals surface area contributed by atoms with Crippen molar-refractivity contribution in [2.75, 3.05) is 13.1 Å². The van der Waals surface area contributed by atoms with Gasteiger partial charge in [0, 0.05) is 25.5 Å². The molecule has 2 aliphatic carbocycles. The molecule has 1 aromatic heterocycles. The second-order valence-corrected chi connectivity index (χ2v) is 7.48. The molecule has 1 unspecified atom stereocenters. The van der Waals surface area contributed by atoms with E-state index in [9.17, 15) is 14.7 Å². The number of hydrogen-bond acceptors (Lipinski definition) is 3. The van der Waals surface area contributed by atoms with Gasteiger partial charge in [0.1, 0.15) is 0 Å². The molecule has 3 fully saturated rings. The van der Waals surface area contributed by atoms with Crippen LogP contribution in [0.5, 0.6) is 0 Å². The number of carbonyl (C=O) groups excluding carboxylic acids is 1. The molecule has 0 bridgehead atoms. The summed E-state index contributed by atoms with van der Waals surface area (Å²) in [7, 11) is 0. The predicted molar refractivity (Wildman–Crippen MR) is 87.2 cm³/mol. The number of nitrogens with one attached hydrogen (secondary N) is 1. The van der Waals surface area contributed by atoms with Gasteiger partial charge in [-0.1, -0.05) is 12.5 Å². The third-order valence-corrected chi connectivity index (χ3v) is 6.00. The van der Waals surface area contributed by atoms with Crippen LogP contribution in [0.25, 0.3) is 0 Å². The van der Waals surface area contributed by atoms with Gasteiger partial charge in [-0.05, 0) is 49.1 Å². The largest absolute Gasteiger partial charge is 0.481 e. The molecule has 6 nitrogen and oxygen atoms in total. The first-order valence-electron chi connectivity index (χ1n) is 8.79. The van der Waals surface area contributed by atoms with Crippen molar-refractivity contribution in [3.63, 3.8) is 0 Å². The van der Waals surface area contributed by atoms with E-state index >= 15 is 0 Å². The van der Waals surface area contributed by atoms with Gasteiger partial charge in [-0.3, -0.25) is 9.78 Å². The minimum absolute atomic E-state index is 0.0209. The smallest absolute Gasteiger partial charge is 0.317 e. The Morgan fingerprint density at radius 1 is 1.38 bits per heavy atom. The van der Waals surface area contributed by atoms with E-state index in [0.29, 0.717) is 25.4 Å². The molecule has 1 aromatic rings. The van der Waals surface area contributed by atoms with Gasteiger partial charge >= 0.3 is 12.0 Å². The van der Waals surface area contributed by atoms with Crippen LogP contribution in [0.1, 0.15) is 43.7 Å². The zero-order chi connectivity index (χ0) is 16.7. The van der Waals surface area contributed by atoms with Crippen LogP contribution in [0.3, 0.4) is 0 Å². The van der Waals surface area contributed by atoms with Crippen LogP contribution in [0, 0.1) is 17.3 Å². The third-order valence-electron chi connectivity index (χ3n) is 6.00. The normalized spacial score (nSPS) is 30.0. The second-order valence-electron chi connectivity index (χ2n) is 7.48. The van der Waals surface area contributed by atoms with Crippen LogP contribution >= 0.6 is 0 Å². The van der Waals surface area contributed by atoms with Gasteiger partial charge in [0.2, 0.25) is 0 Å². The van der Waals surface area contributed by atoms with Gasteiger partial charge in [-0.2, -0.15) is 0 Å². The molecule has 2 N–H and O–H groups in total. The van der Waals surface area contributed by atoms with E-state index < -0.39 is 11.4 Å². The lowest BCUT2D eigenvalue weighted by molar-refractivity contribution is -0.149. The lowest BCUT2D eigenvalue weighted by atomic mass is 9.81. The van der Waals surface area contributed by atoms with E-state index in [-0.39, 0.29) is 18.0 Å². The maximum absolute atomic E-state index is 12.8. The van der Waals surface area contributed by atoms with Crippen LogP contribution in [-0.4, -0.2) is 40.1 Å². The van der Waals surface area contributed by atoms with E-state index in [1.54, 1.807) is 17.3 Å². The Morgan fingerprint density at radius 3 is 2.83 bits per heavy atom. The Bertz CT molecular complexity index is 646. The third kappa shape index (κ3) is 2.54. The molecule has 2 saturated carbocycles. The molecule has 3 aliphatic rings. The zero-order valence-electron chi connectivity index (χ0n) is 13.6. The fraction of sp³-hybridized carbons (Fsp3) is 0.611. The van der Waals surface area contributed by atoms with E-state index in [2.05, 4.69) is 10.3 Å². The predicted octanol–water partition coefficient (Wildman–Crippen LogP) is 2.43. The number of hydrogen-bond donors (Lipinski definition) is 2. The minimum atomic E-state index is -0.744. The summed E-state index contributed by atoms with van der Waals surface area (Å²) in [6.45, 7) is 0.895. The number of carbonyl (C=O) groups is 2. The van der Waals surface area contributed by atoms with Gasteiger partial charge in [0.05, 0.1) is 11.5 Å². The SMILES string of the molecule is O=C(NC(c1cccnc1)C1CC1)N1C[C@@H]2CCC[C@@]2(C(=O)O)C1. The molecule has 4 rings (SSSR count). The lowest BCUT2D eigenvalue weighted by Gasteiger charge is -2.25. The summed E-state index contributed by atoms with van der Waals surface area (Å²) in [5.74, 6) is -0.182. The first kappa shape index (κ1) is 15.4. The summed E-state index contributed by atoms with van der Waals surface area (Å²) in [5.41, 5.74) is 0.307. The number of carboxylic acid groups (broad SMARTS) is 1. The van der Waals surface area contributed by atoms with Crippen LogP contribution in [0.2, 0.25) is 0 Å². The standard InChI is InChI=1S/C18H23N3O3/c22-16(23)18-7-1-4-14(18)10-21(11-18)17(24)20-15(12-5-6-12)13-3-2-8-19-9-13/h2-3,8-9,12,14-15H,1,4-7,10-11H2,(H,20,24)(H,22,23)/t14-,15?,18+/m0/s1. The molecular formula is C18H23N3O3. The van der Waals surface area contributed by atoms with Crippen molar-refractivity contribution in [2.45, 2.75) is 38.1 Å². The number of nitrogens with zero attached hydrogens (tertiary/aromatic N) is 2. The molecule has 0 radical (unpaired) electrons. The maximum atomic E-state index is 12.8. The minimum Gasteiger partial charge on any atom is -0.481 e. The quantitative estimate of drug-likeness (QED) is 0.889. The summed E-state index contributed by atoms with van der Waals surface area (Å²) >= 11 is 0. The molecule has 3 atom stereocenters. The Labute approximate surface area is 141 Å². The van der Waals surface area contributed by atoms with Crippen molar-refractivity contribution < 1.29 is 14.7 Å². The fourth-order valence-corrected chi connectivity index (χ4v) is 4.48. The van der Waals surface area contributed by atoms with Crippen LogP contribution < -0.4 is 5.32 Å². The Hall–Kier alpha value is -2.11. The van der Waals surface area contributed by atoms with E-state index in [1.807, 2.05) is 12.1 Å². The second kappa shape index (κ2) is 5.76. The van der Waals surface area contributed by atoms with Crippen molar-refractivity contribution in [1.82, 2.24) is 15.2 Å². The molecule has 128 valence electrons. The fourth-order valence-electron chi connectivity index (χ4n) is 4.48. The molecule has 1 saturated heterocycles. The Morgan fingerprint density at radius 2 is 2.21 bits per heavy atom. The van der Waals surface area contributed by atoms with Gasteiger partial charge in [0.25, 0.3) is 0 Å². The highest BCUT2D eigenvalue weighted by molar-refractivity contribution is 5.80. The number of likely N-dealkylation sites (tertiary alicyclic amines) is 1. The molecular weight excluding hydrogens is 306 g/mol. The molecule has 0 aromatic carbocycles. The monoisotopic (exact) mass is 329 g/mol. The highest BCUT2D eigenvalue weighted by atomic mass is 16.4. The van der Waals surface area contributed by atoms with Gasteiger partial charge in [0.15, 0.2) is 0 Å². The number of aromatic nitrogens is 1. The number of rotatable bonds is 4. The summed E-state index contributed by atoms with van der Waals surface area (Å²) in [6.07, 6.45) is 8.31. The van der Waals surface area contributed by atoms with E-state index in [0.717, 1.165) is 31.2 Å².